The van der Waals surface area contributed by atoms with Gasteiger partial charge in [0.1, 0.15) is 0 Å². The summed E-state index contributed by atoms with van der Waals surface area (Å²) in [7, 11) is 0. The van der Waals surface area contributed by atoms with Gasteiger partial charge in [0.05, 0.1) is 11.3 Å². The van der Waals surface area contributed by atoms with Crippen LogP contribution in [0.5, 0.6) is 0 Å². The van der Waals surface area contributed by atoms with E-state index in [2.05, 4.69) is 10.5 Å². The molecule has 1 aliphatic rings. The Balaban J connectivity index is 2.00. The summed E-state index contributed by atoms with van der Waals surface area (Å²) < 4.78 is 42.9. The summed E-state index contributed by atoms with van der Waals surface area (Å²) in [4.78, 5) is 0. The standard InChI is InChI=1S/C13H13F3N2O/c14-13(15,16)9-1-2-10-11(7-9)19-18-12(10)8-3-5-17-6-4-8/h1-2,7-8,17H,3-6H2. The number of nitrogens with one attached hydrogen (secondary N) is 1. The van der Waals surface area contributed by atoms with E-state index in [4.69, 9.17) is 4.52 Å². The number of benzene rings is 1. The molecule has 1 saturated heterocycles. The molecule has 1 aliphatic heterocycles. The van der Waals surface area contributed by atoms with Crippen molar-refractivity contribution in [2.45, 2.75) is 24.9 Å². The lowest BCUT2D eigenvalue weighted by molar-refractivity contribution is -0.137. The fraction of sp³-hybridized carbons (Fsp3) is 0.462. The van der Waals surface area contributed by atoms with Gasteiger partial charge in [0, 0.05) is 11.3 Å². The van der Waals surface area contributed by atoms with Crippen molar-refractivity contribution in [1.82, 2.24) is 10.5 Å². The number of halogens is 3. The normalized spacial score (nSPS) is 18.1. The van der Waals surface area contributed by atoms with Gasteiger partial charge in [0.25, 0.3) is 0 Å². The zero-order chi connectivity index (χ0) is 13.5. The Bertz CT molecular complexity index is 585. The van der Waals surface area contributed by atoms with E-state index in [-0.39, 0.29) is 11.5 Å². The molecule has 1 aromatic heterocycles. The highest BCUT2D eigenvalue weighted by Gasteiger charge is 2.31. The van der Waals surface area contributed by atoms with Crippen molar-refractivity contribution in [3.05, 3.63) is 29.5 Å². The molecule has 0 spiro atoms. The minimum Gasteiger partial charge on any atom is -0.356 e. The van der Waals surface area contributed by atoms with Crippen LogP contribution in [0.3, 0.4) is 0 Å². The van der Waals surface area contributed by atoms with Crippen LogP contribution < -0.4 is 5.32 Å². The lowest BCUT2D eigenvalue weighted by Gasteiger charge is -2.20. The van der Waals surface area contributed by atoms with Crippen molar-refractivity contribution in [1.29, 1.82) is 0 Å². The van der Waals surface area contributed by atoms with Crippen molar-refractivity contribution < 1.29 is 17.7 Å². The zero-order valence-electron chi connectivity index (χ0n) is 10.1. The molecular formula is C13H13F3N2O. The highest BCUT2D eigenvalue weighted by molar-refractivity contribution is 5.80. The van der Waals surface area contributed by atoms with Crippen LogP contribution in [0, 0.1) is 0 Å². The van der Waals surface area contributed by atoms with Gasteiger partial charge in [0.15, 0.2) is 5.58 Å². The van der Waals surface area contributed by atoms with E-state index < -0.39 is 11.7 Å². The molecule has 0 atom stereocenters. The average molecular weight is 270 g/mol. The predicted molar refractivity (Wildman–Crippen MR) is 63.9 cm³/mol. The minimum absolute atomic E-state index is 0.211. The van der Waals surface area contributed by atoms with Gasteiger partial charge in [-0.2, -0.15) is 13.2 Å². The van der Waals surface area contributed by atoms with Crippen molar-refractivity contribution >= 4 is 11.0 Å². The molecule has 1 fully saturated rings. The van der Waals surface area contributed by atoms with E-state index in [1.807, 2.05) is 0 Å². The number of hydrogen-bond donors (Lipinski definition) is 1. The molecule has 1 N–H and O–H groups in total. The van der Waals surface area contributed by atoms with Crippen molar-refractivity contribution in [2.24, 2.45) is 0 Å². The molecule has 0 unspecified atom stereocenters. The number of aromatic nitrogens is 1. The van der Waals surface area contributed by atoms with Crippen LogP contribution in [0.4, 0.5) is 13.2 Å². The third-order valence-electron chi connectivity index (χ3n) is 3.55. The van der Waals surface area contributed by atoms with Gasteiger partial charge in [-0.15, -0.1) is 0 Å². The van der Waals surface area contributed by atoms with Crippen molar-refractivity contribution in [3.8, 4) is 0 Å². The second kappa shape index (κ2) is 4.52. The fourth-order valence-electron chi connectivity index (χ4n) is 2.52. The first-order valence-corrected chi connectivity index (χ1v) is 6.23. The zero-order valence-corrected chi connectivity index (χ0v) is 10.1. The Labute approximate surface area is 107 Å². The number of nitrogens with zero attached hydrogens (tertiary/aromatic N) is 1. The second-order valence-electron chi connectivity index (χ2n) is 4.80. The highest BCUT2D eigenvalue weighted by atomic mass is 19.4. The van der Waals surface area contributed by atoms with E-state index in [0.717, 1.165) is 43.8 Å². The van der Waals surface area contributed by atoms with Gasteiger partial charge in [-0.05, 0) is 44.1 Å². The van der Waals surface area contributed by atoms with Crippen LogP contribution in [0.2, 0.25) is 0 Å². The van der Waals surface area contributed by atoms with Crippen LogP contribution in [0.15, 0.2) is 22.7 Å². The molecule has 0 aliphatic carbocycles. The largest absolute Gasteiger partial charge is 0.416 e. The molecule has 0 saturated carbocycles. The maximum absolute atomic E-state index is 12.6. The SMILES string of the molecule is FC(F)(F)c1ccc2c(C3CCNCC3)noc2c1. The number of rotatable bonds is 1. The van der Waals surface area contributed by atoms with E-state index >= 15 is 0 Å². The summed E-state index contributed by atoms with van der Waals surface area (Å²) in [6, 6.07) is 3.57. The maximum Gasteiger partial charge on any atom is 0.416 e. The van der Waals surface area contributed by atoms with Crippen molar-refractivity contribution in [3.63, 3.8) is 0 Å². The molecule has 0 bridgehead atoms. The molecule has 2 aromatic rings. The van der Waals surface area contributed by atoms with Gasteiger partial charge in [-0.1, -0.05) is 5.16 Å². The Hall–Kier alpha value is -1.56. The average Bonchev–Trinajstić information content (AvgIpc) is 2.81. The maximum atomic E-state index is 12.6. The number of fused-ring (bicyclic) bond motifs is 1. The lowest BCUT2D eigenvalue weighted by atomic mass is 9.92. The number of piperidine rings is 1. The van der Waals surface area contributed by atoms with Crippen LogP contribution in [-0.2, 0) is 6.18 Å². The molecule has 6 heteroatoms. The van der Waals surface area contributed by atoms with Crippen LogP contribution >= 0.6 is 0 Å². The van der Waals surface area contributed by atoms with E-state index in [0.29, 0.717) is 5.39 Å². The van der Waals surface area contributed by atoms with Gasteiger partial charge in [-0.25, -0.2) is 0 Å². The summed E-state index contributed by atoms with van der Waals surface area (Å²) in [5.74, 6) is 0.263. The molecule has 19 heavy (non-hydrogen) atoms. The topological polar surface area (TPSA) is 38.1 Å². The molecule has 0 amide bonds. The monoisotopic (exact) mass is 270 g/mol. The van der Waals surface area contributed by atoms with Crippen LogP contribution in [-0.4, -0.2) is 18.2 Å². The van der Waals surface area contributed by atoms with Gasteiger partial charge < -0.3 is 9.84 Å². The first kappa shape index (κ1) is 12.5. The fourth-order valence-corrected chi connectivity index (χ4v) is 2.52. The second-order valence-corrected chi connectivity index (χ2v) is 4.80. The highest BCUT2D eigenvalue weighted by Crippen LogP contribution is 2.35. The third-order valence-corrected chi connectivity index (χ3v) is 3.55. The van der Waals surface area contributed by atoms with E-state index in [1.165, 1.54) is 6.07 Å². The van der Waals surface area contributed by atoms with Gasteiger partial charge in [-0.3, -0.25) is 0 Å². The molecule has 3 nitrogen and oxygen atoms in total. The van der Waals surface area contributed by atoms with Crippen LogP contribution in [0.25, 0.3) is 11.0 Å². The Kier molecular flexibility index (Phi) is 2.97. The molecule has 102 valence electrons. The number of hydrogen-bond acceptors (Lipinski definition) is 3. The predicted octanol–water partition coefficient (Wildman–Crippen LogP) is 3.31. The third kappa shape index (κ3) is 2.32. The minimum atomic E-state index is -4.35. The van der Waals surface area contributed by atoms with Gasteiger partial charge in [0.2, 0.25) is 0 Å². The smallest absolute Gasteiger partial charge is 0.356 e. The summed E-state index contributed by atoms with van der Waals surface area (Å²) >= 11 is 0. The first-order chi connectivity index (χ1) is 9.05. The number of alkyl halides is 3. The summed E-state index contributed by atoms with van der Waals surface area (Å²) in [6.07, 6.45) is -2.48. The summed E-state index contributed by atoms with van der Waals surface area (Å²) in [6.45, 7) is 1.80. The molecule has 2 heterocycles. The Morgan fingerprint density at radius 2 is 1.95 bits per heavy atom. The molecule has 3 rings (SSSR count). The molecule has 0 radical (unpaired) electrons. The molecule has 1 aromatic carbocycles. The Morgan fingerprint density at radius 3 is 2.63 bits per heavy atom. The van der Waals surface area contributed by atoms with E-state index in [9.17, 15) is 13.2 Å². The quantitative estimate of drug-likeness (QED) is 0.864. The summed E-state index contributed by atoms with van der Waals surface area (Å²) in [5, 5.41) is 7.91. The Morgan fingerprint density at radius 1 is 1.21 bits per heavy atom. The van der Waals surface area contributed by atoms with Gasteiger partial charge >= 0.3 is 6.18 Å². The van der Waals surface area contributed by atoms with E-state index in [1.54, 1.807) is 0 Å². The molecular weight excluding hydrogens is 257 g/mol. The lowest BCUT2D eigenvalue weighted by Crippen LogP contribution is -2.26. The van der Waals surface area contributed by atoms with Crippen molar-refractivity contribution in [2.75, 3.05) is 13.1 Å². The summed E-state index contributed by atoms with van der Waals surface area (Å²) in [5.41, 5.74) is 0.293. The van der Waals surface area contributed by atoms with Crippen LogP contribution in [0.1, 0.15) is 30.0 Å². The first-order valence-electron chi connectivity index (χ1n) is 6.23.